The first-order chi connectivity index (χ1) is 7.33. The Morgan fingerprint density at radius 3 is 2.20 bits per heavy atom. The summed E-state index contributed by atoms with van der Waals surface area (Å²) in [6.45, 7) is 8.95. The highest BCUT2D eigenvalue weighted by Crippen LogP contribution is 2.10. The molecule has 0 amide bonds. The summed E-state index contributed by atoms with van der Waals surface area (Å²) in [6, 6.07) is 7.34. The van der Waals surface area contributed by atoms with Crippen LogP contribution in [0.15, 0.2) is 24.3 Å². The van der Waals surface area contributed by atoms with Gasteiger partial charge in [-0.15, -0.1) is 0 Å². The highest BCUT2D eigenvalue weighted by Gasteiger charge is 1.92. The second-order valence-electron chi connectivity index (χ2n) is 2.52. The molecule has 0 spiro atoms. The number of aromatic hydroxyl groups is 1. The zero-order valence-corrected chi connectivity index (χ0v) is 10.7. The van der Waals surface area contributed by atoms with E-state index in [1.54, 1.807) is 12.1 Å². The predicted octanol–water partition coefficient (Wildman–Crippen LogP) is 3.21. The Morgan fingerprint density at radius 2 is 1.73 bits per heavy atom. The van der Waals surface area contributed by atoms with Gasteiger partial charge in [0.1, 0.15) is 5.75 Å². The first-order valence-electron chi connectivity index (χ1n) is 5.75. The summed E-state index contributed by atoms with van der Waals surface area (Å²) in [5, 5.41) is 12.1. The number of phenolic OH excluding ortho intramolecular Hbond substituents is 1. The fraction of sp³-hybridized carbons (Fsp3) is 0.538. The number of phenols is 1. The minimum absolute atomic E-state index is 0.346. The van der Waals surface area contributed by atoms with Gasteiger partial charge in [-0.1, -0.05) is 39.8 Å². The molecule has 0 aliphatic rings. The lowest BCUT2D eigenvalue weighted by Gasteiger charge is -2.00. The molecule has 0 aromatic heterocycles. The third kappa shape index (κ3) is 9.29. The van der Waals surface area contributed by atoms with Crippen LogP contribution in [0.25, 0.3) is 0 Å². The van der Waals surface area contributed by atoms with E-state index in [1.807, 2.05) is 46.9 Å². The lowest BCUT2D eigenvalue weighted by atomic mass is 10.1. The van der Waals surface area contributed by atoms with Gasteiger partial charge in [-0.25, -0.2) is 0 Å². The van der Waals surface area contributed by atoms with Crippen LogP contribution in [-0.2, 0) is 6.42 Å². The van der Waals surface area contributed by atoms with Crippen molar-refractivity contribution in [3.8, 4) is 5.75 Å². The molecule has 0 fully saturated rings. The number of benzene rings is 1. The van der Waals surface area contributed by atoms with E-state index in [-0.39, 0.29) is 0 Å². The molecule has 0 atom stereocenters. The monoisotopic (exact) mass is 211 g/mol. The molecule has 15 heavy (non-hydrogen) atoms. The highest BCUT2D eigenvalue weighted by molar-refractivity contribution is 5.27. The van der Waals surface area contributed by atoms with Crippen molar-refractivity contribution < 1.29 is 5.11 Å². The average molecular weight is 211 g/mol. The fourth-order valence-corrected chi connectivity index (χ4v) is 0.981. The van der Waals surface area contributed by atoms with Gasteiger partial charge >= 0.3 is 0 Å². The van der Waals surface area contributed by atoms with E-state index in [1.165, 1.54) is 5.56 Å². The summed E-state index contributed by atoms with van der Waals surface area (Å²) in [4.78, 5) is 0. The summed E-state index contributed by atoms with van der Waals surface area (Å²) >= 11 is 0. The first kappa shape index (κ1) is 16.4. The molecule has 0 heterocycles. The normalized spacial score (nSPS) is 8.07. The molecule has 0 radical (unpaired) electrons. The van der Waals surface area contributed by atoms with Crippen LogP contribution in [0.3, 0.4) is 0 Å². The van der Waals surface area contributed by atoms with Gasteiger partial charge in [0.05, 0.1) is 0 Å². The van der Waals surface area contributed by atoms with Crippen molar-refractivity contribution in [1.82, 2.24) is 5.32 Å². The van der Waals surface area contributed by atoms with E-state index in [4.69, 9.17) is 5.11 Å². The minimum atomic E-state index is 0.346. The van der Waals surface area contributed by atoms with Crippen LogP contribution >= 0.6 is 0 Å². The van der Waals surface area contributed by atoms with Crippen LogP contribution < -0.4 is 5.32 Å². The molecule has 0 unspecified atom stereocenters. The molecule has 88 valence electrons. The van der Waals surface area contributed by atoms with Gasteiger partial charge in [-0.3, -0.25) is 0 Å². The third-order valence-electron chi connectivity index (χ3n) is 1.57. The zero-order chi connectivity index (χ0) is 12.1. The molecule has 1 rings (SSSR count). The maximum absolute atomic E-state index is 9.09. The molecule has 0 saturated carbocycles. The lowest BCUT2D eigenvalue weighted by molar-refractivity contribution is 0.474. The smallest absolute Gasteiger partial charge is 0.115 e. The Hall–Kier alpha value is -1.02. The average Bonchev–Trinajstić information content (AvgIpc) is 2.32. The summed E-state index contributed by atoms with van der Waals surface area (Å²) in [5.41, 5.74) is 1.17. The zero-order valence-electron chi connectivity index (χ0n) is 10.7. The molecule has 2 N–H and O–H groups in total. The van der Waals surface area contributed by atoms with Crippen molar-refractivity contribution in [2.75, 3.05) is 13.6 Å². The van der Waals surface area contributed by atoms with E-state index in [0.717, 1.165) is 13.0 Å². The lowest BCUT2D eigenvalue weighted by Crippen LogP contribution is -2.09. The predicted molar refractivity (Wildman–Crippen MR) is 68.4 cm³/mol. The number of nitrogens with one attached hydrogen (secondary N) is 1. The number of likely N-dealkylation sites (N-methyl/N-ethyl adjacent to an activating group) is 1. The van der Waals surface area contributed by atoms with Gasteiger partial charge in [-0.05, 0) is 37.7 Å². The Kier molecular flexibility index (Phi) is 14.2. The molecular formula is C13H25NO. The summed E-state index contributed by atoms with van der Waals surface area (Å²) in [6.07, 6.45) is 0.963. The van der Waals surface area contributed by atoms with E-state index in [2.05, 4.69) is 5.32 Å². The van der Waals surface area contributed by atoms with Crippen LogP contribution in [0.4, 0.5) is 0 Å². The summed E-state index contributed by atoms with van der Waals surface area (Å²) in [7, 11) is 1.92. The second-order valence-corrected chi connectivity index (χ2v) is 2.52. The molecule has 2 nitrogen and oxygen atoms in total. The van der Waals surface area contributed by atoms with Gasteiger partial charge in [0.2, 0.25) is 0 Å². The van der Waals surface area contributed by atoms with Crippen molar-refractivity contribution in [2.24, 2.45) is 0 Å². The van der Waals surface area contributed by atoms with Gasteiger partial charge in [0, 0.05) is 0 Å². The van der Waals surface area contributed by atoms with Crippen molar-refractivity contribution in [3.05, 3.63) is 29.8 Å². The molecule has 1 aromatic carbocycles. The summed E-state index contributed by atoms with van der Waals surface area (Å²) in [5.74, 6) is 0.346. The van der Waals surface area contributed by atoms with Crippen molar-refractivity contribution in [1.29, 1.82) is 0 Å². The first-order valence-corrected chi connectivity index (χ1v) is 5.75. The number of hydrogen-bond acceptors (Lipinski definition) is 2. The van der Waals surface area contributed by atoms with Gasteiger partial charge in [-0.2, -0.15) is 0 Å². The minimum Gasteiger partial charge on any atom is -0.508 e. The molecule has 2 heteroatoms. The molecule has 0 aliphatic carbocycles. The SMILES string of the molecule is CC.CC.CNCCc1cccc(O)c1. The molecule has 0 aliphatic heterocycles. The highest BCUT2D eigenvalue weighted by atomic mass is 16.3. The van der Waals surface area contributed by atoms with Crippen LogP contribution in [0.5, 0.6) is 5.75 Å². The van der Waals surface area contributed by atoms with Gasteiger partial charge in [0.15, 0.2) is 0 Å². The van der Waals surface area contributed by atoms with Gasteiger partial charge < -0.3 is 10.4 Å². The van der Waals surface area contributed by atoms with E-state index in [9.17, 15) is 0 Å². The fourth-order valence-electron chi connectivity index (χ4n) is 0.981. The maximum Gasteiger partial charge on any atom is 0.115 e. The summed E-state index contributed by atoms with van der Waals surface area (Å²) < 4.78 is 0. The maximum atomic E-state index is 9.09. The molecule has 0 bridgehead atoms. The van der Waals surface area contributed by atoms with Crippen LogP contribution in [-0.4, -0.2) is 18.7 Å². The Bertz CT molecular complexity index is 224. The topological polar surface area (TPSA) is 32.3 Å². The number of hydrogen-bond donors (Lipinski definition) is 2. The Morgan fingerprint density at radius 1 is 1.13 bits per heavy atom. The van der Waals surface area contributed by atoms with Crippen LogP contribution in [0, 0.1) is 0 Å². The quantitative estimate of drug-likeness (QED) is 0.804. The molecular weight excluding hydrogens is 186 g/mol. The largest absolute Gasteiger partial charge is 0.508 e. The van der Waals surface area contributed by atoms with Crippen molar-refractivity contribution >= 4 is 0 Å². The van der Waals surface area contributed by atoms with Crippen LogP contribution in [0.2, 0.25) is 0 Å². The van der Waals surface area contributed by atoms with Crippen molar-refractivity contribution in [3.63, 3.8) is 0 Å². The van der Waals surface area contributed by atoms with E-state index >= 15 is 0 Å². The van der Waals surface area contributed by atoms with Gasteiger partial charge in [0.25, 0.3) is 0 Å². The van der Waals surface area contributed by atoms with E-state index < -0.39 is 0 Å². The Labute approximate surface area is 94.3 Å². The number of rotatable bonds is 3. The molecule has 1 aromatic rings. The Balaban J connectivity index is 0. The third-order valence-corrected chi connectivity index (χ3v) is 1.57. The second kappa shape index (κ2) is 13.0. The molecule has 0 saturated heterocycles. The van der Waals surface area contributed by atoms with Crippen molar-refractivity contribution in [2.45, 2.75) is 34.1 Å². The van der Waals surface area contributed by atoms with E-state index in [0.29, 0.717) is 5.75 Å². The van der Waals surface area contributed by atoms with Crippen LogP contribution in [0.1, 0.15) is 33.3 Å². The standard InChI is InChI=1S/C9H13NO.2C2H6/c1-10-6-5-8-3-2-4-9(11)7-8;2*1-2/h2-4,7,10-11H,5-6H2,1H3;2*1-2H3.